The van der Waals surface area contributed by atoms with Gasteiger partial charge in [0.2, 0.25) is 0 Å². The summed E-state index contributed by atoms with van der Waals surface area (Å²) in [7, 11) is 0. The Balaban J connectivity index is 4.20. The maximum absolute atomic E-state index is 8.77. The van der Waals surface area contributed by atoms with E-state index in [2.05, 4.69) is 42.4 Å². The number of allylic oxidation sites excluding steroid dienone is 3. The lowest BCUT2D eigenvalue weighted by molar-refractivity contribution is 0.280. The number of halogens is 1. The first-order chi connectivity index (χ1) is 6.61. The normalized spacial score (nSPS) is 14.1. The van der Waals surface area contributed by atoms with E-state index in [9.17, 15) is 0 Å². The Labute approximate surface area is 96.0 Å². The van der Waals surface area contributed by atoms with Gasteiger partial charge in [-0.2, -0.15) is 0 Å². The molecule has 0 aliphatic heterocycles. The highest BCUT2D eigenvalue weighted by molar-refractivity contribution is 9.11. The Morgan fingerprint density at radius 3 is 2.64 bits per heavy atom. The molecule has 0 aliphatic rings. The molecule has 0 fully saturated rings. The molecule has 1 atom stereocenters. The van der Waals surface area contributed by atoms with Crippen molar-refractivity contribution in [2.75, 3.05) is 6.61 Å². The number of hydrogen-bond donors (Lipinski definition) is 1. The summed E-state index contributed by atoms with van der Waals surface area (Å²) >= 11 is 3.43. The summed E-state index contributed by atoms with van der Waals surface area (Å²) in [5.41, 5.74) is 1.41. The second-order valence-electron chi connectivity index (χ2n) is 3.68. The van der Waals surface area contributed by atoms with E-state index in [0.29, 0.717) is 5.92 Å². The first-order valence-corrected chi connectivity index (χ1v) is 6.03. The highest BCUT2D eigenvalue weighted by atomic mass is 79.9. The van der Waals surface area contributed by atoms with Crippen molar-refractivity contribution in [1.29, 1.82) is 0 Å². The predicted octanol–water partition coefficient (Wildman–Crippen LogP) is 4.03. The molecule has 14 heavy (non-hydrogen) atoms. The molecule has 0 aromatic rings. The molecule has 0 heterocycles. The molecule has 0 aliphatic carbocycles. The van der Waals surface area contributed by atoms with Crippen molar-refractivity contribution in [1.82, 2.24) is 0 Å². The van der Waals surface area contributed by atoms with Gasteiger partial charge in [-0.1, -0.05) is 47.5 Å². The van der Waals surface area contributed by atoms with Gasteiger partial charge in [-0.05, 0) is 30.7 Å². The molecular formula is C12H21BrO. The standard InChI is InChI=1S/C12H21BrO/c1-4-6-10(2)9-12(11(3)13)7-5-8-14/h9,12,14H,3-8H2,1-2H3/b10-9-/t12-/m1/s1. The zero-order valence-electron chi connectivity index (χ0n) is 9.22. The van der Waals surface area contributed by atoms with Gasteiger partial charge in [0.15, 0.2) is 0 Å². The van der Waals surface area contributed by atoms with Crippen LogP contribution in [0.5, 0.6) is 0 Å². The average Bonchev–Trinajstić information content (AvgIpc) is 2.12. The van der Waals surface area contributed by atoms with Gasteiger partial charge in [0.1, 0.15) is 0 Å². The molecule has 0 saturated carbocycles. The fourth-order valence-electron chi connectivity index (χ4n) is 1.46. The molecule has 0 unspecified atom stereocenters. The highest BCUT2D eigenvalue weighted by Crippen LogP contribution is 2.24. The largest absolute Gasteiger partial charge is 0.396 e. The SMILES string of the molecule is C=C(Br)[C@@H](/C=C(/C)CCC)CCCO. The molecule has 1 N–H and O–H groups in total. The van der Waals surface area contributed by atoms with E-state index < -0.39 is 0 Å². The minimum Gasteiger partial charge on any atom is -0.396 e. The molecule has 0 rings (SSSR count). The van der Waals surface area contributed by atoms with Gasteiger partial charge in [-0.25, -0.2) is 0 Å². The van der Waals surface area contributed by atoms with Gasteiger partial charge in [0, 0.05) is 12.5 Å². The van der Waals surface area contributed by atoms with Crippen LogP contribution in [0.1, 0.15) is 39.5 Å². The zero-order chi connectivity index (χ0) is 11.0. The number of aliphatic hydroxyl groups is 1. The second-order valence-corrected chi connectivity index (χ2v) is 4.70. The van der Waals surface area contributed by atoms with Gasteiger partial charge >= 0.3 is 0 Å². The van der Waals surface area contributed by atoms with Gasteiger partial charge < -0.3 is 5.11 Å². The summed E-state index contributed by atoms with van der Waals surface area (Å²) in [6.45, 7) is 8.52. The lowest BCUT2D eigenvalue weighted by Crippen LogP contribution is -1.99. The van der Waals surface area contributed by atoms with Crippen molar-refractivity contribution < 1.29 is 5.11 Å². The van der Waals surface area contributed by atoms with E-state index in [-0.39, 0.29) is 6.61 Å². The van der Waals surface area contributed by atoms with Gasteiger partial charge in [0.05, 0.1) is 0 Å². The third-order valence-corrected chi connectivity index (χ3v) is 2.79. The summed E-state index contributed by atoms with van der Waals surface area (Å²) < 4.78 is 1.02. The average molecular weight is 261 g/mol. The van der Waals surface area contributed by atoms with Crippen LogP contribution in [-0.4, -0.2) is 11.7 Å². The van der Waals surface area contributed by atoms with E-state index in [1.807, 2.05) is 0 Å². The Morgan fingerprint density at radius 2 is 2.21 bits per heavy atom. The number of hydrogen-bond acceptors (Lipinski definition) is 1. The lowest BCUT2D eigenvalue weighted by Gasteiger charge is -2.12. The minimum atomic E-state index is 0.261. The highest BCUT2D eigenvalue weighted by Gasteiger charge is 2.07. The fourth-order valence-corrected chi connectivity index (χ4v) is 1.82. The molecule has 0 amide bonds. The fraction of sp³-hybridized carbons (Fsp3) is 0.667. The molecular weight excluding hydrogens is 240 g/mol. The second kappa shape index (κ2) is 8.25. The molecule has 0 spiro atoms. The van der Waals surface area contributed by atoms with Crippen molar-refractivity contribution in [3.8, 4) is 0 Å². The van der Waals surface area contributed by atoms with E-state index in [4.69, 9.17) is 5.11 Å². The van der Waals surface area contributed by atoms with Crippen molar-refractivity contribution in [2.24, 2.45) is 5.92 Å². The molecule has 0 bridgehead atoms. The quantitative estimate of drug-likeness (QED) is 0.686. The number of rotatable bonds is 7. The van der Waals surface area contributed by atoms with Gasteiger partial charge in [-0.3, -0.25) is 0 Å². The summed E-state index contributed by atoms with van der Waals surface area (Å²) in [6, 6.07) is 0. The van der Waals surface area contributed by atoms with Crippen LogP contribution in [0.15, 0.2) is 22.7 Å². The first-order valence-electron chi connectivity index (χ1n) is 5.24. The van der Waals surface area contributed by atoms with Crippen LogP contribution >= 0.6 is 15.9 Å². The van der Waals surface area contributed by atoms with Crippen LogP contribution in [0.4, 0.5) is 0 Å². The van der Waals surface area contributed by atoms with Crippen LogP contribution in [-0.2, 0) is 0 Å². The van der Waals surface area contributed by atoms with Crippen LogP contribution in [0.3, 0.4) is 0 Å². The molecule has 1 nitrogen and oxygen atoms in total. The Hall–Kier alpha value is -0.0800. The third-order valence-electron chi connectivity index (χ3n) is 2.21. The van der Waals surface area contributed by atoms with Crippen LogP contribution in [0, 0.1) is 5.92 Å². The maximum Gasteiger partial charge on any atom is 0.0431 e. The van der Waals surface area contributed by atoms with E-state index >= 15 is 0 Å². The molecule has 0 aromatic heterocycles. The summed E-state index contributed by atoms with van der Waals surface area (Å²) in [6.07, 6.45) is 6.41. The summed E-state index contributed by atoms with van der Waals surface area (Å²) in [5, 5.41) is 8.77. The molecule has 2 heteroatoms. The zero-order valence-corrected chi connectivity index (χ0v) is 10.8. The van der Waals surface area contributed by atoms with Crippen molar-refractivity contribution in [3.63, 3.8) is 0 Å². The molecule has 82 valence electrons. The van der Waals surface area contributed by atoms with Crippen molar-refractivity contribution in [2.45, 2.75) is 39.5 Å². The minimum absolute atomic E-state index is 0.261. The first kappa shape index (κ1) is 13.9. The van der Waals surface area contributed by atoms with E-state index in [0.717, 1.165) is 23.7 Å². The smallest absolute Gasteiger partial charge is 0.0431 e. The maximum atomic E-state index is 8.77. The predicted molar refractivity (Wildman–Crippen MR) is 66.5 cm³/mol. The number of aliphatic hydroxyl groups excluding tert-OH is 1. The van der Waals surface area contributed by atoms with Gasteiger partial charge in [0.25, 0.3) is 0 Å². The third kappa shape index (κ3) is 6.39. The molecule has 0 aromatic carbocycles. The summed E-state index contributed by atoms with van der Waals surface area (Å²) in [5.74, 6) is 0.369. The lowest BCUT2D eigenvalue weighted by atomic mass is 9.99. The Kier molecular flexibility index (Phi) is 8.20. The van der Waals surface area contributed by atoms with E-state index in [1.54, 1.807) is 0 Å². The van der Waals surface area contributed by atoms with Crippen LogP contribution in [0.25, 0.3) is 0 Å². The van der Waals surface area contributed by atoms with Crippen molar-refractivity contribution in [3.05, 3.63) is 22.7 Å². The van der Waals surface area contributed by atoms with Gasteiger partial charge in [-0.15, -0.1) is 0 Å². The monoisotopic (exact) mass is 260 g/mol. The topological polar surface area (TPSA) is 20.2 Å². The van der Waals surface area contributed by atoms with Crippen LogP contribution in [0.2, 0.25) is 0 Å². The summed E-state index contributed by atoms with van der Waals surface area (Å²) in [4.78, 5) is 0. The van der Waals surface area contributed by atoms with E-state index in [1.165, 1.54) is 12.0 Å². The Bertz CT molecular complexity index is 196. The van der Waals surface area contributed by atoms with Crippen LogP contribution < -0.4 is 0 Å². The van der Waals surface area contributed by atoms with Crippen molar-refractivity contribution >= 4 is 15.9 Å². The Morgan fingerprint density at radius 1 is 1.57 bits per heavy atom. The molecule has 0 saturated heterocycles. The molecule has 0 radical (unpaired) electrons.